The Hall–Kier alpha value is -2.37. The van der Waals surface area contributed by atoms with Gasteiger partial charge in [0.05, 0.1) is 10.8 Å². The largest absolute Gasteiger partial charge is 0.486 e. The number of likely N-dealkylation sites (tertiary alicyclic amines) is 1. The number of nitrogens with two attached hydrogens (primary N) is 1. The number of amides is 2. The fourth-order valence-corrected chi connectivity index (χ4v) is 5.27. The third-order valence-corrected chi connectivity index (χ3v) is 7.54. The first kappa shape index (κ1) is 26.2. The van der Waals surface area contributed by atoms with Gasteiger partial charge in [-0.1, -0.05) is 6.42 Å². The number of fused-ring (bicyclic) bond motifs is 1. The molecule has 1 aromatic carbocycles. The Morgan fingerprint density at radius 1 is 1.06 bits per heavy atom. The highest BCUT2D eigenvalue weighted by atomic mass is 32.2. The molecule has 10 nitrogen and oxygen atoms in total. The number of carbonyl (C=O) groups is 2. The average molecular weight is 497 g/mol. The fraction of sp³-hybridized carbons (Fsp3) is 0.652. The number of unbranched alkanes of at least 4 members (excludes halogenated alkanes) is 2. The number of piperidine rings is 1. The molecule has 1 saturated heterocycles. The van der Waals surface area contributed by atoms with E-state index in [1.807, 2.05) is 0 Å². The Kier molecular flexibility index (Phi) is 9.97. The first-order valence-corrected chi connectivity index (χ1v) is 13.5. The number of rotatable bonds is 13. The summed E-state index contributed by atoms with van der Waals surface area (Å²) in [6, 6.07) is 4.58. The molecular weight excluding hydrogens is 460 g/mol. The van der Waals surface area contributed by atoms with Gasteiger partial charge in [0.1, 0.15) is 13.2 Å². The molecule has 1 aromatic rings. The predicted octanol–water partition coefficient (Wildman–Crippen LogP) is 1.00. The second kappa shape index (κ2) is 12.9. The molecule has 2 aliphatic rings. The zero-order chi connectivity index (χ0) is 24.4. The van der Waals surface area contributed by atoms with Crippen LogP contribution in [0.25, 0.3) is 0 Å². The minimum absolute atomic E-state index is 0.00511. The number of nitrogens with zero attached hydrogens (tertiary/aromatic N) is 1. The maximum Gasteiger partial charge on any atom is 0.240 e. The number of nitrogens with one attached hydrogen (secondary N) is 2. The number of sulfonamides is 1. The Balaban J connectivity index is 1.23. The first-order valence-electron chi connectivity index (χ1n) is 12.0. The number of ether oxygens (including phenoxy) is 2. The summed E-state index contributed by atoms with van der Waals surface area (Å²) in [4.78, 5) is 25.7. The average Bonchev–Trinajstić information content (AvgIpc) is 2.83. The molecule has 0 spiro atoms. The molecule has 0 aliphatic carbocycles. The van der Waals surface area contributed by atoms with E-state index in [-0.39, 0.29) is 22.6 Å². The number of hydrogen-bond donors (Lipinski definition) is 3. The molecule has 0 radical (unpaired) electrons. The van der Waals surface area contributed by atoms with Crippen molar-refractivity contribution in [2.75, 3.05) is 45.9 Å². The lowest BCUT2D eigenvalue weighted by atomic mass is 9.97. The molecule has 0 saturated carbocycles. The van der Waals surface area contributed by atoms with Gasteiger partial charge in [-0.05, 0) is 57.3 Å². The first-order chi connectivity index (χ1) is 16.3. The third-order valence-electron chi connectivity index (χ3n) is 6.08. The molecule has 3 rings (SSSR count). The molecule has 34 heavy (non-hydrogen) atoms. The van der Waals surface area contributed by atoms with E-state index in [0.717, 1.165) is 38.8 Å². The van der Waals surface area contributed by atoms with Crippen LogP contribution in [0.4, 0.5) is 0 Å². The summed E-state index contributed by atoms with van der Waals surface area (Å²) in [6.07, 6.45) is 5.19. The van der Waals surface area contributed by atoms with E-state index in [1.165, 1.54) is 12.1 Å². The van der Waals surface area contributed by atoms with Crippen LogP contribution < -0.4 is 25.2 Å². The minimum Gasteiger partial charge on any atom is -0.486 e. The van der Waals surface area contributed by atoms with Gasteiger partial charge in [-0.3, -0.25) is 9.59 Å². The van der Waals surface area contributed by atoms with Gasteiger partial charge in [0.15, 0.2) is 11.5 Å². The van der Waals surface area contributed by atoms with E-state index in [0.29, 0.717) is 63.6 Å². The lowest BCUT2D eigenvalue weighted by Crippen LogP contribution is -2.42. The van der Waals surface area contributed by atoms with E-state index in [9.17, 15) is 18.0 Å². The van der Waals surface area contributed by atoms with Crippen LogP contribution in [0.15, 0.2) is 23.1 Å². The molecule has 0 bridgehead atoms. The van der Waals surface area contributed by atoms with Crippen LogP contribution in [0.3, 0.4) is 0 Å². The van der Waals surface area contributed by atoms with Gasteiger partial charge in [0.25, 0.3) is 0 Å². The van der Waals surface area contributed by atoms with Crippen molar-refractivity contribution in [1.29, 1.82) is 0 Å². The number of hydrogen-bond acceptors (Lipinski definition) is 7. The SMILES string of the molecule is NC(=O)C1CCCN(CCCNC(=O)CCCCCNS(=O)(=O)c2ccc3c(c2)OCCO3)C1. The van der Waals surface area contributed by atoms with Gasteiger partial charge < -0.3 is 25.4 Å². The second-order valence-electron chi connectivity index (χ2n) is 8.76. The van der Waals surface area contributed by atoms with Crippen molar-refractivity contribution >= 4 is 21.8 Å². The Bertz CT molecular complexity index is 939. The van der Waals surface area contributed by atoms with Crippen LogP contribution in [0.2, 0.25) is 0 Å². The zero-order valence-electron chi connectivity index (χ0n) is 19.6. The summed E-state index contributed by atoms with van der Waals surface area (Å²) in [6.45, 7) is 4.28. The summed E-state index contributed by atoms with van der Waals surface area (Å²) < 4.78 is 38.4. The maximum absolute atomic E-state index is 12.5. The summed E-state index contributed by atoms with van der Waals surface area (Å²) in [5, 5.41) is 2.93. The molecule has 2 amide bonds. The molecule has 1 fully saturated rings. The van der Waals surface area contributed by atoms with Gasteiger partial charge in [0, 0.05) is 32.1 Å². The van der Waals surface area contributed by atoms with Crippen LogP contribution >= 0.6 is 0 Å². The van der Waals surface area contributed by atoms with E-state index < -0.39 is 10.0 Å². The molecule has 0 aromatic heterocycles. The van der Waals surface area contributed by atoms with Crippen LogP contribution in [-0.4, -0.2) is 71.1 Å². The van der Waals surface area contributed by atoms with Crippen molar-refractivity contribution in [1.82, 2.24) is 14.9 Å². The van der Waals surface area contributed by atoms with E-state index in [2.05, 4.69) is 14.9 Å². The number of benzene rings is 1. The summed E-state index contributed by atoms with van der Waals surface area (Å²) >= 11 is 0. The van der Waals surface area contributed by atoms with Gasteiger partial charge in [0.2, 0.25) is 21.8 Å². The van der Waals surface area contributed by atoms with Crippen molar-refractivity contribution in [3.05, 3.63) is 18.2 Å². The predicted molar refractivity (Wildman–Crippen MR) is 127 cm³/mol. The summed E-state index contributed by atoms with van der Waals surface area (Å²) in [5.41, 5.74) is 5.41. The molecule has 11 heteroatoms. The highest BCUT2D eigenvalue weighted by Gasteiger charge is 2.23. The Morgan fingerprint density at radius 3 is 2.65 bits per heavy atom. The number of primary amides is 1. The lowest BCUT2D eigenvalue weighted by Gasteiger charge is -2.31. The van der Waals surface area contributed by atoms with Crippen LogP contribution in [-0.2, 0) is 19.6 Å². The topological polar surface area (TPSA) is 140 Å². The smallest absolute Gasteiger partial charge is 0.240 e. The Labute approximate surface area is 201 Å². The third kappa shape index (κ3) is 8.14. The van der Waals surface area contributed by atoms with Crippen LogP contribution in [0.1, 0.15) is 44.9 Å². The standard InChI is InChI=1S/C23H36N4O6S/c24-23(29)18-6-4-12-27(17-18)13-5-10-25-22(28)7-2-1-3-11-26-34(30,31)19-8-9-20-21(16-19)33-15-14-32-20/h8-9,16,18,26H,1-7,10-15,17H2,(H2,24,29)(H,25,28). The van der Waals surface area contributed by atoms with Crippen molar-refractivity contribution in [2.24, 2.45) is 11.7 Å². The van der Waals surface area contributed by atoms with Crippen molar-refractivity contribution in [3.8, 4) is 11.5 Å². The molecule has 190 valence electrons. The summed E-state index contributed by atoms with van der Waals surface area (Å²) in [5.74, 6) is 0.701. The zero-order valence-corrected chi connectivity index (χ0v) is 20.4. The minimum atomic E-state index is -3.62. The normalized spacial score (nSPS) is 18.4. The fourth-order valence-electron chi connectivity index (χ4n) is 4.18. The van der Waals surface area contributed by atoms with Crippen molar-refractivity contribution < 1.29 is 27.5 Å². The van der Waals surface area contributed by atoms with E-state index in [4.69, 9.17) is 15.2 Å². The van der Waals surface area contributed by atoms with Crippen molar-refractivity contribution in [3.63, 3.8) is 0 Å². The van der Waals surface area contributed by atoms with E-state index >= 15 is 0 Å². The van der Waals surface area contributed by atoms with Gasteiger partial charge in [-0.15, -0.1) is 0 Å². The quantitative estimate of drug-likeness (QED) is 0.346. The molecule has 4 N–H and O–H groups in total. The monoisotopic (exact) mass is 496 g/mol. The van der Waals surface area contributed by atoms with Crippen LogP contribution in [0.5, 0.6) is 11.5 Å². The molecule has 1 unspecified atom stereocenters. The molecular formula is C23H36N4O6S. The van der Waals surface area contributed by atoms with Gasteiger partial charge >= 0.3 is 0 Å². The van der Waals surface area contributed by atoms with E-state index in [1.54, 1.807) is 6.07 Å². The number of carbonyl (C=O) groups excluding carboxylic acids is 2. The second-order valence-corrected chi connectivity index (χ2v) is 10.5. The molecule has 2 aliphatic heterocycles. The lowest BCUT2D eigenvalue weighted by molar-refractivity contribution is -0.123. The Morgan fingerprint density at radius 2 is 1.85 bits per heavy atom. The van der Waals surface area contributed by atoms with Gasteiger partial charge in [-0.25, -0.2) is 13.1 Å². The highest BCUT2D eigenvalue weighted by molar-refractivity contribution is 7.89. The van der Waals surface area contributed by atoms with Gasteiger partial charge in [-0.2, -0.15) is 0 Å². The maximum atomic E-state index is 12.5. The molecule has 1 atom stereocenters. The highest BCUT2D eigenvalue weighted by Crippen LogP contribution is 2.32. The summed E-state index contributed by atoms with van der Waals surface area (Å²) in [7, 11) is -3.62. The van der Waals surface area contributed by atoms with Crippen molar-refractivity contribution in [2.45, 2.75) is 49.8 Å². The van der Waals surface area contributed by atoms with Crippen LogP contribution in [0, 0.1) is 5.92 Å². The molecule has 2 heterocycles.